The van der Waals surface area contributed by atoms with Gasteiger partial charge in [0.25, 0.3) is 5.91 Å². The number of halogens is 1. The van der Waals surface area contributed by atoms with E-state index in [1.807, 2.05) is 31.2 Å². The molecule has 3 aromatic rings. The Morgan fingerprint density at radius 1 is 1.12 bits per heavy atom. The highest BCUT2D eigenvalue weighted by Gasteiger charge is 2.10. The van der Waals surface area contributed by atoms with Gasteiger partial charge >= 0.3 is 0 Å². The highest BCUT2D eigenvalue weighted by Crippen LogP contribution is 2.19. The molecule has 0 unspecified atom stereocenters. The van der Waals surface area contributed by atoms with Gasteiger partial charge in [0.1, 0.15) is 18.2 Å². The minimum Gasteiger partial charge on any atom is -0.486 e. The number of anilines is 1. The lowest BCUT2D eigenvalue weighted by Crippen LogP contribution is -2.11. The van der Waals surface area contributed by atoms with Crippen LogP contribution in [0, 0.1) is 12.7 Å². The molecule has 0 aliphatic heterocycles. The number of carbonyl (C=O) groups excluding carboxylic acids is 1. The number of benzene rings is 2. The van der Waals surface area contributed by atoms with E-state index in [1.54, 1.807) is 0 Å². The molecule has 122 valence electrons. The van der Waals surface area contributed by atoms with Gasteiger partial charge in [0.05, 0.1) is 0 Å². The molecule has 0 saturated carbocycles. The van der Waals surface area contributed by atoms with E-state index in [1.165, 1.54) is 35.6 Å². The second kappa shape index (κ2) is 7.18. The molecule has 5 nitrogen and oxygen atoms in total. The van der Waals surface area contributed by atoms with E-state index in [0.29, 0.717) is 15.7 Å². The first-order valence-electron chi connectivity index (χ1n) is 7.19. The molecule has 0 atom stereocenters. The second-order valence-corrected chi connectivity index (χ2v) is 6.13. The number of aromatic nitrogens is 2. The molecule has 0 spiro atoms. The predicted octanol–water partition coefficient (Wildman–Crippen LogP) is 3.82. The van der Waals surface area contributed by atoms with Crippen molar-refractivity contribution in [2.24, 2.45) is 0 Å². The Balaban J connectivity index is 1.58. The van der Waals surface area contributed by atoms with Crippen molar-refractivity contribution in [3.63, 3.8) is 0 Å². The van der Waals surface area contributed by atoms with Crippen molar-refractivity contribution < 1.29 is 13.9 Å². The average molecular weight is 343 g/mol. The maximum absolute atomic E-state index is 12.9. The average Bonchev–Trinajstić information content (AvgIpc) is 3.02. The van der Waals surface area contributed by atoms with E-state index in [9.17, 15) is 9.18 Å². The minimum atomic E-state index is -0.391. The molecule has 1 amide bonds. The summed E-state index contributed by atoms with van der Waals surface area (Å²) in [4.78, 5) is 12.0. The second-order valence-electron chi connectivity index (χ2n) is 5.06. The molecule has 0 aliphatic carbocycles. The molecule has 2 aromatic carbocycles. The normalized spacial score (nSPS) is 10.4. The van der Waals surface area contributed by atoms with Crippen molar-refractivity contribution in [2.45, 2.75) is 13.5 Å². The molecule has 7 heteroatoms. The van der Waals surface area contributed by atoms with Crippen molar-refractivity contribution >= 4 is 22.4 Å². The van der Waals surface area contributed by atoms with E-state index in [0.717, 1.165) is 11.3 Å². The Bertz CT molecular complexity index is 832. The number of nitrogens with zero attached hydrogens (tertiary/aromatic N) is 2. The zero-order chi connectivity index (χ0) is 16.9. The Labute approximate surface area is 142 Å². The van der Waals surface area contributed by atoms with Crippen molar-refractivity contribution in [3.8, 4) is 5.75 Å². The summed E-state index contributed by atoms with van der Waals surface area (Å²) >= 11 is 1.23. The summed E-state index contributed by atoms with van der Waals surface area (Å²) in [5.41, 5.74) is 1.51. The fraction of sp³-hybridized carbons (Fsp3) is 0.118. The number of carbonyl (C=O) groups is 1. The fourth-order valence-corrected chi connectivity index (χ4v) is 2.56. The molecule has 0 bridgehead atoms. The Morgan fingerprint density at radius 3 is 2.54 bits per heavy atom. The van der Waals surface area contributed by atoms with Crippen LogP contribution in [0.2, 0.25) is 0 Å². The van der Waals surface area contributed by atoms with Gasteiger partial charge in [-0.3, -0.25) is 10.1 Å². The third-order valence-corrected chi connectivity index (χ3v) is 3.99. The van der Waals surface area contributed by atoms with E-state index >= 15 is 0 Å². The van der Waals surface area contributed by atoms with E-state index < -0.39 is 5.82 Å². The summed E-state index contributed by atoms with van der Waals surface area (Å²) in [6.45, 7) is 2.28. The highest BCUT2D eigenvalue weighted by molar-refractivity contribution is 7.15. The highest BCUT2D eigenvalue weighted by atomic mass is 32.1. The van der Waals surface area contributed by atoms with E-state index in [-0.39, 0.29) is 12.5 Å². The molecular weight excluding hydrogens is 329 g/mol. The summed E-state index contributed by atoms with van der Waals surface area (Å²) < 4.78 is 18.5. The molecule has 1 heterocycles. The van der Waals surface area contributed by atoms with Gasteiger partial charge in [-0.25, -0.2) is 4.39 Å². The molecule has 0 radical (unpaired) electrons. The third kappa shape index (κ3) is 4.14. The van der Waals surface area contributed by atoms with Gasteiger partial charge in [0.2, 0.25) is 5.13 Å². The molecule has 0 fully saturated rings. The maximum atomic E-state index is 12.9. The van der Waals surface area contributed by atoms with Crippen molar-refractivity contribution in [2.75, 3.05) is 5.32 Å². The van der Waals surface area contributed by atoms with Crippen molar-refractivity contribution in [3.05, 3.63) is 70.5 Å². The van der Waals surface area contributed by atoms with Crippen LogP contribution >= 0.6 is 11.3 Å². The number of ether oxygens (including phenoxy) is 1. The molecule has 24 heavy (non-hydrogen) atoms. The van der Waals surface area contributed by atoms with Gasteiger partial charge in [-0.15, -0.1) is 10.2 Å². The number of aryl methyl sites for hydroxylation is 1. The van der Waals surface area contributed by atoms with E-state index in [4.69, 9.17) is 4.74 Å². The van der Waals surface area contributed by atoms with Crippen LogP contribution < -0.4 is 10.1 Å². The van der Waals surface area contributed by atoms with E-state index in [2.05, 4.69) is 15.5 Å². The van der Waals surface area contributed by atoms with Crippen LogP contribution in [0.1, 0.15) is 20.9 Å². The SMILES string of the molecule is Cc1ccc(OCc2nnc(NC(=O)c3ccc(F)cc3)s2)cc1. The topological polar surface area (TPSA) is 64.1 Å². The first-order chi connectivity index (χ1) is 11.6. The third-order valence-electron chi connectivity index (χ3n) is 3.18. The summed E-state index contributed by atoms with van der Waals surface area (Å²) in [5.74, 6) is -0.0112. The molecule has 1 aromatic heterocycles. The van der Waals surface area contributed by atoms with Crippen LogP contribution in [-0.4, -0.2) is 16.1 Å². The first kappa shape index (κ1) is 16.1. The van der Waals surface area contributed by atoms with Crippen molar-refractivity contribution in [1.29, 1.82) is 0 Å². The van der Waals surface area contributed by atoms with Crippen LogP contribution in [0.5, 0.6) is 5.75 Å². The zero-order valence-electron chi connectivity index (χ0n) is 12.8. The summed E-state index contributed by atoms with van der Waals surface area (Å²) in [7, 11) is 0. The quantitative estimate of drug-likeness (QED) is 0.765. The first-order valence-corrected chi connectivity index (χ1v) is 8.00. The van der Waals surface area contributed by atoms with Gasteiger partial charge in [-0.05, 0) is 43.3 Å². The predicted molar refractivity (Wildman–Crippen MR) is 89.8 cm³/mol. The number of hydrogen-bond donors (Lipinski definition) is 1. The smallest absolute Gasteiger partial charge is 0.257 e. The summed E-state index contributed by atoms with van der Waals surface area (Å²) in [6.07, 6.45) is 0. The lowest BCUT2D eigenvalue weighted by atomic mass is 10.2. The molecule has 1 N–H and O–H groups in total. The van der Waals surface area contributed by atoms with Gasteiger partial charge in [0, 0.05) is 5.56 Å². The Morgan fingerprint density at radius 2 is 1.83 bits per heavy atom. The van der Waals surface area contributed by atoms with Gasteiger partial charge in [-0.1, -0.05) is 29.0 Å². The number of nitrogens with one attached hydrogen (secondary N) is 1. The largest absolute Gasteiger partial charge is 0.486 e. The van der Waals surface area contributed by atoms with Gasteiger partial charge in [-0.2, -0.15) is 0 Å². The van der Waals surface area contributed by atoms with Crippen LogP contribution in [0.25, 0.3) is 0 Å². The molecule has 0 aliphatic rings. The number of amides is 1. The van der Waals surface area contributed by atoms with Crippen LogP contribution in [-0.2, 0) is 6.61 Å². The van der Waals surface area contributed by atoms with Crippen molar-refractivity contribution in [1.82, 2.24) is 10.2 Å². The lowest BCUT2D eigenvalue weighted by Gasteiger charge is -2.03. The fourth-order valence-electron chi connectivity index (χ4n) is 1.91. The Kier molecular flexibility index (Phi) is 4.81. The molecule has 0 saturated heterocycles. The van der Waals surface area contributed by atoms with Crippen LogP contribution in [0.15, 0.2) is 48.5 Å². The van der Waals surface area contributed by atoms with Crippen LogP contribution in [0.3, 0.4) is 0 Å². The summed E-state index contributed by atoms with van der Waals surface area (Å²) in [6, 6.07) is 13.0. The maximum Gasteiger partial charge on any atom is 0.257 e. The zero-order valence-corrected chi connectivity index (χ0v) is 13.6. The Hall–Kier alpha value is -2.80. The van der Waals surface area contributed by atoms with Gasteiger partial charge in [0.15, 0.2) is 5.01 Å². The van der Waals surface area contributed by atoms with Gasteiger partial charge < -0.3 is 4.74 Å². The summed E-state index contributed by atoms with van der Waals surface area (Å²) in [5, 5.41) is 11.5. The molecule has 3 rings (SSSR count). The lowest BCUT2D eigenvalue weighted by molar-refractivity contribution is 0.102. The minimum absolute atomic E-state index is 0.271. The standard InChI is InChI=1S/C17H14FN3O2S/c1-11-2-8-14(9-3-11)23-10-15-20-21-17(24-15)19-16(22)12-4-6-13(18)7-5-12/h2-9H,10H2,1H3,(H,19,21,22). The monoisotopic (exact) mass is 343 g/mol. The molecular formula is C17H14FN3O2S. The number of hydrogen-bond acceptors (Lipinski definition) is 5. The number of rotatable bonds is 5. The van der Waals surface area contributed by atoms with Crippen LogP contribution in [0.4, 0.5) is 9.52 Å².